The predicted octanol–water partition coefficient (Wildman–Crippen LogP) is -0.806. The lowest BCUT2D eigenvalue weighted by atomic mass is 9.94. The third-order valence-corrected chi connectivity index (χ3v) is 3.92. The van der Waals surface area contributed by atoms with Gasteiger partial charge in [0.05, 0.1) is 18.7 Å². The van der Waals surface area contributed by atoms with E-state index in [4.69, 9.17) is 5.73 Å². The van der Waals surface area contributed by atoms with Gasteiger partial charge in [-0.15, -0.1) is 10.2 Å². The largest absolute Gasteiger partial charge is 0.394 e. The summed E-state index contributed by atoms with van der Waals surface area (Å²) in [5, 5.41) is 17.5. The van der Waals surface area contributed by atoms with Crippen LogP contribution in [0.15, 0.2) is 6.33 Å². The molecular formula is C11H19N5O. The van der Waals surface area contributed by atoms with Crippen molar-refractivity contribution in [1.29, 1.82) is 0 Å². The Bertz CT molecular complexity index is 402. The molecule has 1 atom stereocenters. The lowest BCUT2D eigenvalue weighted by Gasteiger charge is -2.36. The standard InChI is InChI=1S/C11H19N5O/c12-11(7-17,9-1-2-9)6-15-3-4-16-8-13-14-10(16)5-15/h8-9,17H,1-7,12H2. The monoisotopic (exact) mass is 237 g/mol. The summed E-state index contributed by atoms with van der Waals surface area (Å²) < 4.78 is 2.07. The molecular weight excluding hydrogens is 218 g/mol. The molecule has 1 aromatic rings. The smallest absolute Gasteiger partial charge is 0.147 e. The van der Waals surface area contributed by atoms with Crippen LogP contribution >= 0.6 is 0 Å². The van der Waals surface area contributed by atoms with Gasteiger partial charge in [-0.25, -0.2) is 0 Å². The molecule has 0 aromatic carbocycles. The Morgan fingerprint density at radius 2 is 2.29 bits per heavy atom. The van der Waals surface area contributed by atoms with Crippen LogP contribution in [0.1, 0.15) is 18.7 Å². The van der Waals surface area contributed by atoms with Crippen LogP contribution in [-0.4, -0.2) is 50.0 Å². The average Bonchev–Trinajstić information content (AvgIpc) is 3.09. The first-order valence-electron chi connectivity index (χ1n) is 6.20. The van der Waals surface area contributed by atoms with E-state index in [1.165, 1.54) is 0 Å². The second kappa shape index (κ2) is 4.04. The highest BCUT2D eigenvalue weighted by molar-refractivity contribution is 5.02. The van der Waals surface area contributed by atoms with Crippen molar-refractivity contribution < 1.29 is 5.11 Å². The van der Waals surface area contributed by atoms with Crippen LogP contribution in [0.25, 0.3) is 0 Å². The summed E-state index contributed by atoms with van der Waals surface area (Å²) in [4.78, 5) is 2.28. The normalized spacial score (nSPS) is 24.4. The van der Waals surface area contributed by atoms with Gasteiger partial charge in [-0.1, -0.05) is 0 Å². The molecule has 0 spiro atoms. The van der Waals surface area contributed by atoms with Crippen molar-refractivity contribution in [2.24, 2.45) is 11.7 Å². The van der Waals surface area contributed by atoms with Gasteiger partial charge in [-0.05, 0) is 18.8 Å². The van der Waals surface area contributed by atoms with Gasteiger partial charge >= 0.3 is 0 Å². The Morgan fingerprint density at radius 1 is 1.47 bits per heavy atom. The topological polar surface area (TPSA) is 80.2 Å². The van der Waals surface area contributed by atoms with Crippen LogP contribution in [-0.2, 0) is 13.1 Å². The number of nitrogens with zero attached hydrogens (tertiary/aromatic N) is 4. The number of aliphatic hydroxyl groups excluding tert-OH is 1. The Labute approximate surface area is 100 Å². The molecule has 0 radical (unpaired) electrons. The number of rotatable bonds is 4. The van der Waals surface area contributed by atoms with Crippen LogP contribution in [0.5, 0.6) is 0 Å². The molecule has 1 saturated carbocycles. The van der Waals surface area contributed by atoms with Crippen molar-refractivity contribution in [3.63, 3.8) is 0 Å². The van der Waals surface area contributed by atoms with Gasteiger partial charge in [0.25, 0.3) is 0 Å². The first kappa shape index (κ1) is 11.1. The first-order chi connectivity index (χ1) is 8.21. The van der Waals surface area contributed by atoms with Crippen molar-refractivity contribution >= 4 is 0 Å². The third-order valence-electron chi connectivity index (χ3n) is 3.92. The van der Waals surface area contributed by atoms with Gasteiger partial charge in [-0.3, -0.25) is 4.90 Å². The quantitative estimate of drug-likeness (QED) is 0.716. The van der Waals surface area contributed by atoms with Crippen molar-refractivity contribution in [2.75, 3.05) is 19.7 Å². The molecule has 3 N–H and O–H groups in total. The van der Waals surface area contributed by atoms with E-state index in [1.807, 2.05) is 0 Å². The molecule has 17 heavy (non-hydrogen) atoms. The fourth-order valence-electron chi connectivity index (χ4n) is 2.63. The highest BCUT2D eigenvalue weighted by Gasteiger charge is 2.43. The van der Waals surface area contributed by atoms with Crippen molar-refractivity contribution in [3.8, 4) is 0 Å². The number of hydrogen-bond acceptors (Lipinski definition) is 5. The van der Waals surface area contributed by atoms with E-state index in [0.717, 1.165) is 44.8 Å². The Balaban J connectivity index is 1.67. The van der Waals surface area contributed by atoms with Gasteiger partial charge in [0, 0.05) is 19.6 Å². The first-order valence-corrected chi connectivity index (χ1v) is 6.20. The SMILES string of the molecule is NC(CO)(CN1CCn2cnnc2C1)C1CC1. The summed E-state index contributed by atoms with van der Waals surface area (Å²) >= 11 is 0. The van der Waals surface area contributed by atoms with E-state index in [-0.39, 0.29) is 6.61 Å². The van der Waals surface area contributed by atoms with Crippen LogP contribution in [0.4, 0.5) is 0 Å². The molecule has 0 saturated heterocycles. The summed E-state index contributed by atoms with van der Waals surface area (Å²) in [6.45, 7) is 3.47. The molecule has 3 rings (SSSR count). The zero-order valence-electron chi connectivity index (χ0n) is 9.92. The second-order valence-electron chi connectivity index (χ2n) is 5.32. The van der Waals surface area contributed by atoms with Gasteiger partial charge < -0.3 is 15.4 Å². The molecule has 6 nitrogen and oxygen atoms in total. The van der Waals surface area contributed by atoms with Gasteiger partial charge in [0.1, 0.15) is 12.2 Å². The Hall–Kier alpha value is -0.980. The van der Waals surface area contributed by atoms with E-state index < -0.39 is 5.54 Å². The van der Waals surface area contributed by atoms with E-state index in [9.17, 15) is 5.11 Å². The lowest BCUT2D eigenvalue weighted by Crippen LogP contribution is -2.55. The third kappa shape index (κ3) is 2.08. The van der Waals surface area contributed by atoms with Crippen molar-refractivity contribution in [1.82, 2.24) is 19.7 Å². The Kier molecular flexibility index (Phi) is 2.65. The maximum absolute atomic E-state index is 9.50. The molecule has 2 heterocycles. The molecule has 1 aromatic heterocycles. The lowest BCUT2D eigenvalue weighted by molar-refractivity contribution is 0.104. The van der Waals surface area contributed by atoms with Crippen molar-refractivity contribution in [2.45, 2.75) is 31.5 Å². The number of fused-ring (bicyclic) bond motifs is 1. The summed E-state index contributed by atoms with van der Waals surface area (Å²) in [5.41, 5.74) is 5.87. The summed E-state index contributed by atoms with van der Waals surface area (Å²) in [6, 6.07) is 0. The molecule has 1 unspecified atom stereocenters. The number of aliphatic hydroxyl groups is 1. The highest BCUT2D eigenvalue weighted by atomic mass is 16.3. The van der Waals surface area contributed by atoms with Crippen molar-refractivity contribution in [3.05, 3.63) is 12.2 Å². The Morgan fingerprint density at radius 3 is 3.00 bits per heavy atom. The predicted molar refractivity (Wildman–Crippen MR) is 62.0 cm³/mol. The molecule has 0 amide bonds. The summed E-state index contributed by atoms with van der Waals surface area (Å²) in [6.07, 6.45) is 4.08. The van der Waals surface area contributed by atoms with Gasteiger partial charge in [-0.2, -0.15) is 0 Å². The zero-order valence-corrected chi connectivity index (χ0v) is 9.92. The van der Waals surface area contributed by atoms with E-state index >= 15 is 0 Å². The fraction of sp³-hybridized carbons (Fsp3) is 0.818. The van der Waals surface area contributed by atoms with Crippen LogP contribution in [0.2, 0.25) is 0 Å². The minimum Gasteiger partial charge on any atom is -0.394 e. The minimum atomic E-state index is -0.428. The maximum atomic E-state index is 9.50. The molecule has 94 valence electrons. The zero-order chi connectivity index (χ0) is 11.9. The van der Waals surface area contributed by atoms with Crippen LogP contribution in [0, 0.1) is 5.92 Å². The van der Waals surface area contributed by atoms with Gasteiger partial charge in [0.2, 0.25) is 0 Å². The van der Waals surface area contributed by atoms with Gasteiger partial charge in [0.15, 0.2) is 0 Å². The van der Waals surface area contributed by atoms with E-state index in [2.05, 4.69) is 19.7 Å². The highest BCUT2D eigenvalue weighted by Crippen LogP contribution is 2.38. The molecule has 1 aliphatic carbocycles. The number of hydrogen-bond donors (Lipinski definition) is 2. The summed E-state index contributed by atoms with van der Waals surface area (Å²) in [7, 11) is 0. The summed E-state index contributed by atoms with van der Waals surface area (Å²) in [5.74, 6) is 1.49. The van der Waals surface area contributed by atoms with E-state index in [0.29, 0.717) is 5.92 Å². The maximum Gasteiger partial charge on any atom is 0.147 e. The van der Waals surface area contributed by atoms with Crippen LogP contribution in [0.3, 0.4) is 0 Å². The molecule has 6 heteroatoms. The second-order valence-corrected chi connectivity index (χ2v) is 5.32. The fourth-order valence-corrected chi connectivity index (χ4v) is 2.63. The average molecular weight is 237 g/mol. The molecule has 2 aliphatic rings. The van der Waals surface area contributed by atoms with E-state index in [1.54, 1.807) is 6.33 Å². The minimum absolute atomic E-state index is 0.0703. The molecule has 1 aliphatic heterocycles. The number of nitrogens with two attached hydrogens (primary N) is 1. The number of aromatic nitrogens is 3. The molecule has 1 fully saturated rings. The molecule has 0 bridgehead atoms. The van der Waals surface area contributed by atoms with Crippen LogP contribution < -0.4 is 5.73 Å².